The van der Waals surface area contributed by atoms with E-state index < -0.39 is 5.91 Å². The van der Waals surface area contributed by atoms with Gasteiger partial charge in [-0.05, 0) is 45.1 Å². The lowest BCUT2D eigenvalue weighted by molar-refractivity contribution is -0.121. The van der Waals surface area contributed by atoms with Gasteiger partial charge in [-0.25, -0.2) is 0 Å². The lowest BCUT2D eigenvalue weighted by Gasteiger charge is -2.28. The van der Waals surface area contributed by atoms with Crippen molar-refractivity contribution in [1.82, 2.24) is 4.90 Å². The molecule has 5 nitrogen and oxygen atoms in total. The summed E-state index contributed by atoms with van der Waals surface area (Å²) in [6, 6.07) is 6.82. The second kappa shape index (κ2) is 5.84. The number of carbonyl (C=O) groups is 2. The molecule has 0 spiro atoms. The maximum Gasteiger partial charge on any atom is 0.250 e. The van der Waals surface area contributed by atoms with E-state index in [1.807, 2.05) is 0 Å². The number of para-hydroxylation sites is 1. The predicted molar refractivity (Wildman–Crippen MR) is 73.8 cm³/mol. The Labute approximate surface area is 112 Å². The van der Waals surface area contributed by atoms with E-state index in [0.717, 1.165) is 25.9 Å². The molecule has 1 aromatic rings. The Morgan fingerprint density at radius 2 is 1.89 bits per heavy atom. The van der Waals surface area contributed by atoms with Crippen molar-refractivity contribution >= 4 is 17.5 Å². The molecule has 0 saturated carbocycles. The number of anilines is 1. The summed E-state index contributed by atoms with van der Waals surface area (Å²) in [4.78, 5) is 25.7. The van der Waals surface area contributed by atoms with Crippen molar-refractivity contribution in [1.29, 1.82) is 0 Å². The van der Waals surface area contributed by atoms with Crippen LogP contribution in [0.2, 0.25) is 0 Å². The van der Waals surface area contributed by atoms with E-state index in [4.69, 9.17) is 5.73 Å². The molecule has 0 aliphatic carbocycles. The third-order valence-electron chi connectivity index (χ3n) is 3.54. The van der Waals surface area contributed by atoms with Gasteiger partial charge in [0.25, 0.3) is 5.91 Å². The molecule has 0 radical (unpaired) electrons. The monoisotopic (exact) mass is 261 g/mol. The quantitative estimate of drug-likeness (QED) is 0.854. The fourth-order valence-corrected chi connectivity index (χ4v) is 2.31. The molecule has 0 atom stereocenters. The van der Waals surface area contributed by atoms with E-state index in [-0.39, 0.29) is 11.8 Å². The average molecular weight is 261 g/mol. The molecule has 2 amide bonds. The van der Waals surface area contributed by atoms with E-state index in [1.54, 1.807) is 24.3 Å². The highest BCUT2D eigenvalue weighted by Gasteiger charge is 2.24. The van der Waals surface area contributed by atoms with Gasteiger partial charge in [0.1, 0.15) is 0 Å². The molecule has 0 unspecified atom stereocenters. The molecule has 102 valence electrons. The number of piperidine rings is 1. The lowest BCUT2D eigenvalue weighted by Crippen LogP contribution is -2.36. The van der Waals surface area contributed by atoms with Crippen molar-refractivity contribution in [2.45, 2.75) is 12.8 Å². The van der Waals surface area contributed by atoms with Gasteiger partial charge in [0.05, 0.1) is 11.3 Å². The van der Waals surface area contributed by atoms with Crippen molar-refractivity contribution in [3.63, 3.8) is 0 Å². The number of nitrogens with one attached hydrogen (secondary N) is 1. The van der Waals surface area contributed by atoms with E-state index in [9.17, 15) is 9.59 Å². The van der Waals surface area contributed by atoms with E-state index in [1.165, 1.54) is 0 Å². The third-order valence-corrected chi connectivity index (χ3v) is 3.54. The van der Waals surface area contributed by atoms with Crippen molar-refractivity contribution in [2.75, 3.05) is 25.5 Å². The standard InChI is InChI=1S/C14H19N3O2/c1-17-8-6-10(7-9-17)14(19)16-12-5-3-2-4-11(12)13(15)18/h2-5,10H,6-9H2,1H3,(H2,15,18)(H,16,19). The lowest BCUT2D eigenvalue weighted by atomic mass is 9.96. The zero-order valence-corrected chi connectivity index (χ0v) is 11.1. The number of likely N-dealkylation sites (tertiary alicyclic amines) is 1. The van der Waals surface area contributed by atoms with Crippen molar-refractivity contribution in [2.24, 2.45) is 11.7 Å². The Kier molecular flexibility index (Phi) is 4.16. The molecule has 1 heterocycles. The summed E-state index contributed by atoms with van der Waals surface area (Å²) in [5.74, 6) is -0.543. The molecular weight excluding hydrogens is 242 g/mol. The number of rotatable bonds is 3. The number of carbonyl (C=O) groups excluding carboxylic acids is 2. The second-order valence-electron chi connectivity index (χ2n) is 4.98. The SMILES string of the molecule is CN1CCC(C(=O)Nc2ccccc2C(N)=O)CC1. The van der Waals surface area contributed by atoms with Gasteiger partial charge in [-0.1, -0.05) is 12.1 Å². The number of nitrogens with two attached hydrogens (primary N) is 1. The highest BCUT2D eigenvalue weighted by Crippen LogP contribution is 2.20. The molecule has 1 fully saturated rings. The van der Waals surface area contributed by atoms with Crippen LogP contribution in [0.3, 0.4) is 0 Å². The fourth-order valence-electron chi connectivity index (χ4n) is 2.31. The molecule has 1 aliphatic heterocycles. The molecule has 1 aromatic carbocycles. The molecule has 1 aliphatic rings. The number of benzene rings is 1. The normalized spacial score (nSPS) is 17.1. The Balaban J connectivity index is 2.05. The molecule has 19 heavy (non-hydrogen) atoms. The molecule has 1 saturated heterocycles. The van der Waals surface area contributed by atoms with Crippen LogP contribution in [-0.2, 0) is 4.79 Å². The van der Waals surface area contributed by atoms with Gasteiger partial charge in [-0.2, -0.15) is 0 Å². The third kappa shape index (κ3) is 3.32. The first-order valence-corrected chi connectivity index (χ1v) is 6.46. The van der Waals surface area contributed by atoms with Gasteiger partial charge in [0.2, 0.25) is 5.91 Å². The van der Waals surface area contributed by atoms with Crippen LogP contribution in [0.1, 0.15) is 23.2 Å². The minimum Gasteiger partial charge on any atom is -0.366 e. The summed E-state index contributed by atoms with van der Waals surface area (Å²) in [6.07, 6.45) is 1.70. The molecule has 3 N–H and O–H groups in total. The maximum atomic E-state index is 12.2. The summed E-state index contributed by atoms with van der Waals surface area (Å²) in [7, 11) is 2.05. The number of primary amides is 1. The van der Waals surface area contributed by atoms with Crippen LogP contribution < -0.4 is 11.1 Å². The minimum atomic E-state index is -0.528. The van der Waals surface area contributed by atoms with Crippen LogP contribution in [0.5, 0.6) is 0 Å². The minimum absolute atomic E-state index is 0.0112. The molecule has 2 rings (SSSR count). The predicted octanol–water partition coefficient (Wildman–Crippen LogP) is 1.07. The summed E-state index contributed by atoms with van der Waals surface area (Å²) in [6.45, 7) is 1.85. The van der Waals surface area contributed by atoms with Crippen molar-refractivity contribution < 1.29 is 9.59 Å². The largest absolute Gasteiger partial charge is 0.366 e. The van der Waals surface area contributed by atoms with Crippen LogP contribution in [0.4, 0.5) is 5.69 Å². The summed E-state index contributed by atoms with van der Waals surface area (Å²) in [5, 5.41) is 2.82. The zero-order valence-electron chi connectivity index (χ0n) is 11.1. The van der Waals surface area contributed by atoms with Crippen LogP contribution in [-0.4, -0.2) is 36.9 Å². The average Bonchev–Trinajstić information content (AvgIpc) is 2.39. The summed E-state index contributed by atoms with van der Waals surface area (Å²) in [5.41, 5.74) is 6.14. The van der Waals surface area contributed by atoms with Gasteiger partial charge in [-0.15, -0.1) is 0 Å². The van der Waals surface area contributed by atoms with E-state index in [2.05, 4.69) is 17.3 Å². The highest BCUT2D eigenvalue weighted by atomic mass is 16.2. The number of nitrogens with zero attached hydrogens (tertiary/aromatic N) is 1. The first-order chi connectivity index (χ1) is 9.08. The van der Waals surface area contributed by atoms with E-state index >= 15 is 0 Å². The number of hydrogen-bond donors (Lipinski definition) is 2. The van der Waals surface area contributed by atoms with Crippen LogP contribution in [0.15, 0.2) is 24.3 Å². The summed E-state index contributed by atoms with van der Waals surface area (Å²) < 4.78 is 0. The number of amides is 2. The summed E-state index contributed by atoms with van der Waals surface area (Å²) >= 11 is 0. The van der Waals surface area contributed by atoms with Gasteiger partial charge < -0.3 is 16.0 Å². The first kappa shape index (κ1) is 13.5. The smallest absolute Gasteiger partial charge is 0.250 e. The fraction of sp³-hybridized carbons (Fsp3) is 0.429. The topological polar surface area (TPSA) is 75.4 Å². The molecular formula is C14H19N3O2. The van der Waals surface area contributed by atoms with Gasteiger partial charge >= 0.3 is 0 Å². The Morgan fingerprint density at radius 1 is 1.26 bits per heavy atom. The Hall–Kier alpha value is -1.88. The Morgan fingerprint density at radius 3 is 2.53 bits per heavy atom. The molecule has 0 aromatic heterocycles. The number of hydrogen-bond acceptors (Lipinski definition) is 3. The van der Waals surface area contributed by atoms with Crippen LogP contribution in [0, 0.1) is 5.92 Å². The first-order valence-electron chi connectivity index (χ1n) is 6.46. The zero-order chi connectivity index (χ0) is 13.8. The van der Waals surface area contributed by atoms with Gasteiger partial charge in [-0.3, -0.25) is 9.59 Å². The maximum absolute atomic E-state index is 12.2. The van der Waals surface area contributed by atoms with Crippen LogP contribution >= 0.6 is 0 Å². The van der Waals surface area contributed by atoms with Gasteiger partial charge in [0, 0.05) is 5.92 Å². The van der Waals surface area contributed by atoms with Gasteiger partial charge in [0.15, 0.2) is 0 Å². The second-order valence-corrected chi connectivity index (χ2v) is 4.98. The van der Waals surface area contributed by atoms with Crippen molar-refractivity contribution in [3.8, 4) is 0 Å². The van der Waals surface area contributed by atoms with Crippen molar-refractivity contribution in [3.05, 3.63) is 29.8 Å². The Bertz CT molecular complexity index is 479. The molecule has 5 heteroatoms. The van der Waals surface area contributed by atoms with Crippen LogP contribution in [0.25, 0.3) is 0 Å². The highest BCUT2D eigenvalue weighted by molar-refractivity contribution is 6.03. The van der Waals surface area contributed by atoms with E-state index in [0.29, 0.717) is 11.3 Å². The molecule has 0 bridgehead atoms.